The maximum atomic E-state index is 6.12. The largest absolute Gasteiger partial charge is 0.381 e. The second-order valence-corrected chi connectivity index (χ2v) is 9.05. The van der Waals surface area contributed by atoms with Crippen molar-refractivity contribution in [2.75, 3.05) is 41.4 Å². The Bertz CT molecular complexity index is 301. The van der Waals surface area contributed by atoms with Crippen LogP contribution < -0.4 is 0 Å². The molecule has 0 amide bonds. The van der Waals surface area contributed by atoms with Gasteiger partial charge in [-0.3, -0.25) is 0 Å². The molecule has 0 aromatic heterocycles. The second-order valence-electron chi connectivity index (χ2n) is 9.05. The third-order valence-corrected chi connectivity index (χ3v) is 6.83. The summed E-state index contributed by atoms with van der Waals surface area (Å²) in [6.45, 7) is 1.87. The average Bonchev–Trinajstić information content (AvgIpc) is 2.62. The van der Waals surface area contributed by atoms with E-state index in [9.17, 15) is 0 Å². The second kappa shape index (κ2) is 11.6. The normalized spacial score (nSPS) is 23.3. The molecule has 0 heterocycles. The third-order valence-electron chi connectivity index (χ3n) is 6.83. The molecule has 2 saturated carbocycles. The zero-order valence-electron chi connectivity index (χ0n) is 17.5. The Morgan fingerprint density at radius 1 is 0.640 bits per heavy atom. The van der Waals surface area contributed by atoms with Crippen LogP contribution >= 0.6 is 0 Å². The Balaban J connectivity index is 1.67. The highest BCUT2D eigenvalue weighted by atomic mass is 16.5. The molecule has 2 fully saturated rings. The molecule has 25 heavy (non-hydrogen) atoms. The van der Waals surface area contributed by atoms with Gasteiger partial charge in [0, 0.05) is 25.3 Å². The Labute approximate surface area is 157 Å². The first-order valence-corrected chi connectivity index (χ1v) is 11.0. The first-order chi connectivity index (χ1) is 12.1. The van der Waals surface area contributed by atoms with Crippen LogP contribution in [0.1, 0.15) is 77.0 Å². The molecule has 2 unspecified atom stereocenters. The summed E-state index contributed by atoms with van der Waals surface area (Å²) in [5.41, 5.74) is 0. The molecule has 2 aliphatic carbocycles. The molecular formula is C22H44N2O. The van der Waals surface area contributed by atoms with Crippen LogP contribution in [0.25, 0.3) is 0 Å². The molecule has 3 nitrogen and oxygen atoms in total. The highest BCUT2D eigenvalue weighted by molar-refractivity contribution is 4.80. The molecule has 0 aliphatic heterocycles. The van der Waals surface area contributed by atoms with Crippen LogP contribution in [0.15, 0.2) is 0 Å². The van der Waals surface area contributed by atoms with Crippen LogP contribution in [-0.4, -0.2) is 63.3 Å². The molecule has 0 bridgehead atoms. The van der Waals surface area contributed by atoms with Gasteiger partial charge in [-0.2, -0.15) is 0 Å². The minimum Gasteiger partial charge on any atom is -0.381 e. The highest BCUT2D eigenvalue weighted by Crippen LogP contribution is 2.31. The van der Waals surface area contributed by atoms with E-state index in [-0.39, 0.29) is 0 Å². The summed E-state index contributed by atoms with van der Waals surface area (Å²) >= 11 is 0. The molecule has 3 heteroatoms. The summed E-state index contributed by atoms with van der Waals surface area (Å²) in [5, 5.41) is 0. The minimum atomic E-state index is 0.711. The van der Waals surface area contributed by atoms with Gasteiger partial charge in [-0.25, -0.2) is 0 Å². The molecule has 0 radical (unpaired) electrons. The van der Waals surface area contributed by atoms with Gasteiger partial charge in [-0.1, -0.05) is 38.5 Å². The predicted octanol–water partition coefficient (Wildman–Crippen LogP) is 4.80. The van der Waals surface area contributed by atoms with E-state index in [2.05, 4.69) is 38.0 Å². The summed E-state index contributed by atoms with van der Waals surface area (Å²) in [4.78, 5) is 4.90. The van der Waals surface area contributed by atoms with Crippen LogP contribution in [0, 0.1) is 11.8 Å². The molecule has 2 aliphatic rings. The van der Waals surface area contributed by atoms with Crippen molar-refractivity contribution < 1.29 is 4.74 Å². The molecule has 0 aromatic carbocycles. The lowest BCUT2D eigenvalue weighted by Crippen LogP contribution is -2.38. The van der Waals surface area contributed by atoms with E-state index < -0.39 is 0 Å². The van der Waals surface area contributed by atoms with Crippen molar-refractivity contribution in [2.45, 2.75) is 89.1 Å². The summed E-state index contributed by atoms with van der Waals surface area (Å²) in [7, 11) is 9.02. The summed E-state index contributed by atoms with van der Waals surface area (Å²) in [6.07, 6.45) is 16.7. The van der Waals surface area contributed by atoms with Crippen LogP contribution in [0.3, 0.4) is 0 Å². The van der Waals surface area contributed by atoms with Crippen molar-refractivity contribution in [3.8, 4) is 0 Å². The topological polar surface area (TPSA) is 15.7 Å². The van der Waals surface area contributed by atoms with Gasteiger partial charge in [-0.15, -0.1) is 0 Å². The van der Waals surface area contributed by atoms with Gasteiger partial charge in [-0.05, 0) is 78.6 Å². The fourth-order valence-corrected chi connectivity index (χ4v) is 5.38. The van der Waals surface area contributed by atoms with Crippen molar-refractivity contribution in [3.63, 3.8) is 0 Å². The number of hydrogen-bond acceptors (Lipinski definition) is 3. The van der Waals surface area contributed by atoms with E-state index in [1.165, 1.54) is 77.0 Å². The zero-order valence-corrected chi connectivity index (χ0v) is 17.5. The van der Waals surface area contributed by atoms with Gasteiger partial charge in [0.2, 0.25) is 0 Å². The number of hydrogen-bond donors (Lipinski definition) is 0. The molecule has 0 saturated heterocycles. The summed E-state index contributed by atoms with van der Waals surface area (Å²) in [6, 6.07) is 1.42. The molecule has 2 rings (SSSR count). The van der Waals surface area contributed by atoms with Crippen molar-refractivity contribution in [2.24, 2.45) is 11.8 Å². The van der Waals surface area contributed by atoms with Gasteiger partial charge >= 0.3 is 0 Å². The number of ether oxygens (including phenoxy) is 1. The quantitative estimate of drug-likeness (QED) is 0.525. The lowest BCUT2D eigenvalue weighted by Gasteiger charge is -2.35. The van der Waals surface area contributed by atoms with Crippen LogP contribution in [-0.2, 0) is 4.74 Å². The maximum Gasteiger partial charge on any atom is 0.0481 e. The monoisotopic (exact) mass is 352 g/mol. The average molecular weight is 353 g/mol. The Hall–Kier alpha value is -0.120. The predicted molar refractivity (Wildman–Crippen MR) is 108 cm³/mol. The van der Waals surface area contributed by atoms with E-state index in [0.717, 1.165) is 25.0 Å². The first kappa shape index (κ1) is 21.2. The molecular weight excluding hydrogens is 308 g/mol. The lowest BCUT2D eigenvalue weighted by atomic mass is 9.82. The smallest absolute Gasteiger partial charge is 0.0481 e. The van der Waals surface area contributed by atoms with Crippen LogP contribution in [0.2, 0.25) is 0 Å². The van der Waals surface area contributed by atoms with Crippen molar-refractivity contribution >= 4 is 0 Å². The van der Waals surface area contributed by atoms with Crippen molar-refractivity contribution in [1.82, 2.24) is 9.80 Å². The third kappa shape index (κ3) is 7.19. The fourth-order valence-electron chi connectivity index (χ4n) is 5.38. The first-order valence-electron chi connectivity index (χ1n) is 11.0. The SMILES string of the molecule is CN(C)C(CCOCCC(C1CCCCC1)N(C)C)C1CCCCC1. The van der Waals surface area contributed by atoms with Gasteiger partial charge in [0.15, 0.2) is 0 Å². The molecule has 0 spiro atoms. The van der Waals surface area contributed by atoms with Gasteiger partial charge in [0.05, 0.1) is 0 Å². The molecule has 148 valence electrons. The van der Waals surface area contributed by atoms with Crippen molar-refractivity contribution in [1.29, 1.82) is 0 Å². The maximum absolute atomic E-state index is 6.12. The van der Waals surface area contributed by atoms with E-state index in [1.807, 2.05) is 0 Å². The standard InChI is InChI=1S/C22H44N2O/c1-23(2)21(19-11-7-5-8-12-19)15-17-25-18-16-22(24(3)4)20-13-9-6-10-14-20/h19-22H,5-18H2,1-4H3. The molecule has 0 aromatic rings. The summed E-state index contributed by atoms with van der Waals surface area (Å²) < 4.78 is 6.12. The lowest BCUT2D eigenvalue weighted by molar-refractivity contribution is 0.0622. The van der Waals surface area contributed by atoms with Gasteiger partial charge in [0.1, 0.15) is 0 Å². The number of nitrogens with zero attached hydrogens (tertiary/aromatic N) is 2. The molecule has 2 atom stereocenters. The van der Waals surface area contributed by atoms with Gasteiger partial charge < -0.3 is 14.5 Å². The summed E-state index contributed by atoms with van der Waals surface area (Å²) in [5.74, 6) is 1.79. The zero-order chi connectivity index (χ0) is 18.1. The van der Waals surface area contributed by atoms with E-state index in [1.54, 1.807) is 0 Å². The van der Waals surface area contributed by atoms with Crippen molar-refractivity contribution in [3.05, 3.63) is 0 Å². The highest BCUT2D eigenvalue weighted by Gasteiger charge is 2.26. The van der Waals surface area contributed by atoms with Gasteiger partial charge in [0.25, 0.3) is 0 Å². The Morgan fingerprint density at radius 2 is 1.00 bits per heavy atom. The van der Waals surface area contributed by atoms with E-state index in [0.29, 0.717) is 12.1 Å². The van der Waals surface area contributed by atoms with E-state index in [4.69, 9.17) is 4.74 Å². The minimum absolute atomic E-state index is 0.711. The molecule has 0 N–H and O–H groups in total. The fraction of sp³-hybridized carbons (Fsp3) is 1.00. The van der Waals surface area contributed by atoms with Crippen LogP contribution in [0.4, 0.5) is 0 Å². The Morgan fingerprint density at radius 3 is 1.32 bits per heavy atom. The number of rotatable bonds is 10. The Kier molecular flexibility index (Phi) is 9.80. The van der Waals surface area contributed by atoms with E-state index >= 15 is 0 Å². The van der Waals surface area contributed by atoms with Crippen LogP contribution in [0.5, 0.6) is 0 Å².